The molecule has 5 nitrogen and oxygen atoms in total. The van der Waals surface area contributed by atoms with Crippen LogP contribution in [0.1, 0.15) is 12.8 Å². The number of hydrogen-bond donors (Lipinski definition) is 1. The smallest absolute Gasteiger partial charge is 0.191 e. The Morgan fingerprint density at radius 3 is 2.55 bits per heavy atom. The van der Waals surface area contributed by atoms with E-state index >= 15 is 0 Å². The molecule has 2 rings (SSSR count). The van der Waals surface area contributed by atoms with Crippen LogP contribution in [0.25, 0.3) is 0 Å². The molecule has 1 aliphatic rings. The van der Waals surface area contributed by atoms with Crippen LogP contribution in [0.5, 0.6) is 0 Å². The summed E-state index contributed by atoms with van der Waals surface area (Å²) >= 11 is 0. The Morgan fingerprint density at radius 1 is 1.40 bits per heavy atom. The molecule has 0 heterocycles. The Bertz CT molecular complexity index is 595. The van der Waals surface area contributed by atoms with Crippen LogP contribution >= 0.6 is 0 Å². The number of rotatable bonds is 5. The van der Waals surface area contributed by atoms with Crippen LogP contribution in [0.3, 0.4) is 0 Å². The van der Waals surface area contributed by atoms with Crippen molar-refractivity contribution in [1.82, 2.24) is 4.90 Å². The highest BCUT2D eigenvalue weighted by Gasteiger charge is 2.27. The molecule has 0 bridgehead atoms. The number of guanidine groups is 1. The van der Waals surface area contributed by atoms with E-state index in [2.05, 4.69) is 4.99 Å². The summed E-state index contributed by atoms with van der Waals surface area (Å²) in [5.74, 6) is -0.239. The summed E-state index contributed by atoms with van der Waals surface area (Å²) in [7, 11) is -1.60. The normalized spacial score (nSPS) is 16.2. The molecule has 0 atom stereocenters. The van der Waals surface area contributed by atoms with Crippen LogP contribution < -0.4 is 5.73 Å². The number of halogens is 1. The number of sulfone groups is 1. The lowest BCUT2D eigenvalue weighted by atomic mass is 10.4. The van der Waals surface area contributed by atoms with Crippen LogP contribution in [-0.4, -0.2) is 44.7 Å². The summed E-state index contributed by atoms with van der Waals surface area (Å²) in [5.41, 5.74) is 5.78. The van der Waals surface area contributed by atoms with Crippen LogP contribution in [0.15, 0.2) is 34.2 Å². The monoisotopic (exact) mass is 299 g/mol. The third kappa shape index (κ3) is 3.69. The van der Waals surface area contributed by atoms with Gasteiger partial charge in [0.15, 0.2) is 15.8 Å². The van der Waals surface area contributed by atoms with Crippen molar-refractivity contribution < 1.29 is 12.8 Å². The van der Waals surface area contributed by atoms with Crippen molar-refractivity contribution in [2.75, 3.05) is 19.3 Å². The Balaban J connectivity index is 1.95. The van der Waals surface area contributed by atoms with Gasteiger partial charge in [-0.2, -0.15) is 0 Å². The molecule has 0 radical (unpaired) electrons. The van der Waals surface area contributed by atoms with Crippen molar-refractivity contribution in [1.29, 1.82) is 0 Å². The van der Waals surface area contributed by atoms with E-state index in [0.29, 0.717) is 12.0 Å². The van der Waals surface area contributed by atoms with Gasteiger partial charge in [0.25, 0.3) is 0 Å². The molecule has 1 fully saturated rings. The summed E-state index contributed by atoms with van der Waals surface area (Å²) in [6, 6.07) is 5.21. The molecule has 1 saturated carbocycles. The van der Waals surface area contributed by atoms with Crippen molar-refractivity contribution >= 4 is 15.8 Å². The molecule has 0 aliphatic heterocycles. The van der Waals surface area contributed by atoms with E-state index in [1.165, 1.54) is 12.1 Å². The SMILES string of the molecule is CN(C(N)=NCCS(=O)(=O)c1ccc(F)cc1)C1CC1. The van der Waals surface area contributed by atoms with E-state index in [4.69, 9.17) is 5.73 Å². The first kappa shape index (κ1) is 14.8. The van der Waals surface area contributed by atoms with Gasteiger partial charge in [0.2, 0.25) is 0 Å². The summed E-state index contributed by atoms with van der Waals surface area (Å²) < 4.78 is 36.8. The maximum Gasteiger partial charge on any atom is 0.191 e. The van der Waals surface area contributed by atoms with Gasteiger partial charge in [0, 0.05) is 13.1 Å². The van der Waals surface area contributed by atoms with Crippen LogP contribution in [0, 0.1) is 5.82 Å². The number of hydrogen-bond acceptors (Lipinski definition) is 3. The first-order chi connectivity index (χ1) is 9.40. The Kier molecular flexibility index (Phi) is 4.27. The quantitative estimate of drug-likeness (QED) is 0.500. The molecule has 2 N–H and O–H groups in total. The van der Waals surface area contributed by atoms with E-state index in [-0.39, 0.29) is 17.2 Å². The standard InChI is InChI=1S/C13H18FN3O2S/c1-17(11-4-5-11)13(15)16-8-9-20(18,19)12-6-2-10(14)3-7-12/h2-3,6-7,11H,4-5,8-9H2,1H3,(H2,15,16). The first-order valence-corrected chi connectivity index (χ1v) is 8.06. The highest BCUT2D eigenvalue weighted by molar-refractivity contribution is 7.91. The van der Waals surface area contributed by atoms with E-state index < -0.39 is 15.7 Å². The lowest BCUT2D eigenvalue weighted by Crippen LogP contribution is -2.36. The molecular formula is C13H18FN3O2S. The number of benzene rings is 1. The minimum atomic E-state index is -3.45. The van der Waals surface area contributed by atoms with Crippen molar-refractivity contribution in [3.05, 3.63) is 30.1 Å². The third-order valence-corrected chi connectivity index (χ3v) is 4.97. The van der Waals surface area contributed by atoms with Gasteiger partial charge in [-0.05, 0) is 37.1 Å². The molecule has 110 valence electrons. The lowest BCUT2D eigenvalue weighted by molar-refractivity contribution is 0.488. The van der Waals surface area contributed by atoms with Gasteiger partial charge in [0.05, 0.1) is 17.2 Å². The molecule has 0 spiro atoms. The average molecular weight is 299 g/mol. The number of nitrogens with two attached hydrogens (primary N) is 1. The maximum absolute atomic E-state index is 12.8. The van der Waals surface area contributed by atoms with Gasteiger partial charge in [-0.3, -0.25) is 4.99 Å². The molecule has 0 saturated heterocycles. The Hall–Kier alpha value is -1.63. The zero-order chi connectivity index (χ0) is 14.8. The molecule has 0 aromatic heterocycles. The van der Waals surface area contributed by atoms with Crippen LogP contribution in [0.4, 0.5) is 4.39 Å². The second kappa shape index (κ2) is 5.78. The van der Waals surface area contributed by atoms with Gasteiger partial charge in [0.1, 0.15) is 5.82 Å². The van der Waals surface area contributed by atoms with E-state index in [1.807, 2.05) is 11.9 Å². The third-order valence-electron chi connectivity index (χ3n) is 3.26. The van der Waals surface area contributed by atoms with Crippen LogP contribution in [-0.2, 0) is 9.84 Å². The maximum atomic E-state index is 12.8. The van der Waals surface area contributed by atoms with Crippen molar-refractivity contribution in [3.8, 4) is 0 Å². The van der Waals surface area contributed by atoms with Gasteiger partial charge >= 0.3 is 0 Å². The molecule has 0 unspecified atom stereocenters. The average Bonchev–Trinajstić information content (AvgIpc) is 3.22. The van der Waals surface area contributed by atoms with Gasteiger partial charge < -0.3 is 10.6 Å². The Morgan fingerprint density at radius 2 is 2.00 bits per heavy atom. The summed E-state index contributed by atoms with van der Waals surface area (Å²) in [6.45, 7) is 0.0998. The summed E-state index contributed by atoms with van der Waals surface area (Å²) in [6.07, 6.45) is 2.20. The molecule has 20 heavy (non-hydrogen) atoms. The second-order valence-electron chi connectivity index (χ2n) is 4.85. The lowest BCUT2D eigenvalue weighted by Gasteiger charge is -2.16. The fourth-order valence-electron chi connectivity index (χ4n) is 1.80. The fraction of sp³-hybridized carbons (Fsp3) is 0.462. The molecule has 1 aliphatic carbocycles. The van der Waals surface area contributed by atoms with Crippen molar-refractivity contribution in [2.45, 2.75) is 23.8 Å². The predicted molar refractivity (Wildman–Crippen MR) is 75.7 cm³/mol. The summed E-state index contributed by atoms with van der Waals surface area (Å²) in [5, 5.41) is 0. The van der Waals surface area contributed by atoms with Gasteiger partial charge in [-0.1, -0.05) is 0 Å². The Labute approximate surface area is 118 Å². The minimum absolute atomic E-state index is 0.0998. The molecule has 1 aromatic carbocycles. The van der Waals surface area contributed by atoms with Crippen molar-refractivity contribution in [3.63, 3.8) is 0 Å². The largest absolute Gasteiger partial charge is 0.370 e. The zero-order valence-electron chi connectivity index (χ0n) is 11.3. The highest BCUT2D eigenvalue weighted by atomic mass is 32.2. The second-order valence-corrected chi connectivity index (χ2v) is 6.96. The fourth-order valence-corrected chi connectivity index (χ4v) is 2.92. The molecule has 0 amide bonds. The minimum Gasteiger partial charge on any atom is -0.370 e. The van der Waals surface area contributed by atoms with Crippen molar-refractivity contribution in [2.24, 2.45) is 10.7 Å². The predicted octanol–water partition coefficient (Wildman–Crippen LogP) is 1.01. The van der Waals surface area contributed by atoms with Gasteiger partial charge in [-0.25, -0.2) is 12.8 Å². The zero-order valence-corrected chi connectivity index (χ0v) is 12.1. The van der Waals surface area contributed by atoms with E-state index in [0.717, 1.165) is 25.0 Å². The highest BCUT2D eigenvalue weighted by Crippen LogP contribution is 2.24. The first-order valence-electron chi connectivity index (χ1n) is 6.41. The summed E-state index contributed by atoms with van der Waals surface area (Å²) in [4.78, 5) is 6.05. The van der Waals surface area contributed by atoms with Crippen LogP contribution in [0.2, 0.25) is 0 Å². The van der Waals surface area contributed by atoms with Gasteiger partial charge in [-0.15, -0.1) is 0 Å². The van der Waals surface area contributed by atoms with E-state index in [9.17, 15) is 12.8 Å². The molecular weight excluding hydrogens is 281 g/mol. The topological polar surface area (TPSA) is 75.8 Å². The number of nitrogens with zero attached hydrogens (tertiary/aromatic N) is 2. The molecule has 7 heteroatoms. The van der Waals surface area contributed by atoms with E-state index in [1.54, 1.807) is 0 Å². The number of aliphatic imine (C=N–C) groups is 1. The molecule has 1 aromatic rings.